The molecule has 3 aromatic rings. The number of aromatic amines is 1. The Balaban J connectivity index is 1.91. The fourth-order valence-electron chi connectivity index (χ4n) is 3.63. The number of hydrogen-bond donors (Lipinski definition) is 3. The Morgan fingerprint density at radius 3 is 2.71 bits per heavy atom. The first-order chi connectivity index (χ1) is 13.3. The Labute approximate surface area is 164 Å². The van der Waals surface area contributed by atoms with E-state index >= 15 is 0 Å². The van der Waals surface area contributed by atoms with Crippen LogP contribution in [0.3, 0.4) is 0 Å². The number of benzene rings is 1. The van der Waals surface area contributed by atoms with Crippen molar-refractivity contribution < 1.29 is 9.90 Å². The number of nitrogens with one attached hydrogen (secondary N) is 2. The van der Waals surface area contributed by atoms with Gasteiger partial charge in [-0.25, -0.2) is 0 Å². The van der Waals surface area contributed by atoms with E-state index in [0.29, 0.717) is 22.0 Å². The van der Waals surface area contributed by atoms with E-state index < -0.39 is 0 Å². The van der Waals surface area contributed by atoms with Crippen molar-refractivity contribution in [2.75, 3.05) is 0 Å². The summed E-state index contributed by atoms with van der Waals surface area (Å²) in [6, 6.07) is 7.12. The summed E-state index contributed by atoms with van der Waals surface area (Å²) < 4.78 is 1.94. The van der Waals surface area contributed by atoms with Gasteiger partial charge in [0.25, 0.3) is 11.5 Å². The summed E-state index contributed by atoms with van der Waals surface area (Å²) in [5.74, 6) is -0.126. The van der Waals surface area contributed by atoms with Crippen LogP contribution < -0.4 is 10.9 Å². The molecule has 3 rings (SSSR count). The van der Waals surface area contributed by atoms with E-state index in [9.17, 15) is 14.7 Å². The second kappa shape index (κ2) is 7.92. The number of carbonyl (C=O) groups excluding carboxylic acids is 1. The van der Waals surface area contributed by atoms with Crippen molar-refractivity contribution >= 4 is 16.8 Å². The molecule has 28 heavy (non-hydrogen) atoms. The molecule has 0 radical (unpaired) electrons. The van der Waals surface area contributed by atoms with E-state index in [-0.39, 0.29) is 29.8 Å². The summed E-state index contributed by atoms with van der Waals surface area (Å²) in [6.07, 6.45) is 3.58. The molecule has 1 amide bonds. The largest absolute Gasteiger partial charge is 0.506 e. The van der Waals surface area contributed by atoms with Crippen LogP contribution in [0.25, 0.3) is 10.9 Å². The van der Waals surface area contributed by atoms with Gasteiger partial charge >= 0.3 is 0 Å². The molecule has 2 aromatic heterocycles. The van der Waals surface area contributed by atoms with Gasteiger partial charge in [-0.3, -0.25) is 9.59 Å². The smallest absolute Gasteiger partial charge is 0.253 e. The molecule has 0 spiro atoms. The van der Waals surface area contributed by atoms with Gasteiger partial charge < -0.3 is 20.0 Å². The quantitative estimate of drug-likeness (QED) is 0.607. The SMILES string of the molecule is CCCc1cc(C)[nH]c(=O)c1CNC(=O)c1ccc(O)c2c1ccn2C(C)C. The highest BCUT2D eigenvalue weighted by Gasteiger charge is 2.17. The molecule has 0 fully saturated rings. The second-order valence-electron chi connectivity index (χ2n) is 7.43. The van der Waals surface area contributed by atoms with E-state index in [1.165, 1.54) is 6.07 Å². The van der Waals surface area contributed by atoms with Crippen LogP contribution in [0.5, 0.6) is 5.75 Å². The first kappa shape index (κ1) is 19.7. The molecule has 0 saturated heterocycles. The van der Waals surface area contributed by atoms with Crippen LogP contribution in [0.15, 0.2) is 35.3 Å². The number of aromatic hydroxyl groups is 1. The summed E-state index contributed by atoms with van der Waals surface area (Å²) >= 11 is 0. The molecular weight excluding hydrogens is 354 g/mol. The Hall–Kier alpha value is -3.02. The number of hydrogen-bond acceptors (Lipinski definition) is 3. The highest BCUT2D eigenvalue weighted by Crippen LogP contribution is 2.31. The van der Waals surface area contributed by atoms with Crippen molar-refractivity contribution in [2.45, 2.75) is 53.1 Å². The molecule has 0 aliphatic rings. The van der Waals surface area contributed by atoms with Gasteiger partial charge in [0.05, 0.1) is 5.52 Å². The van der Waals surface area contributed by atoms with Gasteiger partial charge in [0, 0.05) is 41.0 Å². The van der Waals surface area contributed by atoms with Crippen LogP contribution in [-0.4, -0.2) is 20.6 Å². The van der Waals surface area contributed by atoms with Crippen molar-refractivity contribution in [3.8, 4) is 5.75 Å². The van der Waals surface area contributed by atoms with Gasteiger partial charge in [-0.05, 0) is 57.0 Å². The number of phenolic OH excluding ortho intramolecular Hbond substituents is 1. The van der Waals surface area contributed by atoms with E-state index in [1.807, 2.05) is 43.7 Å². The Morgan fingerprint density at radius 1 is 1.29 bits per heavy atom. The van der Waals surface area contributed by atoms with Crippen LogP contribution >= 0.6 is 0 Å². The first-order valence-electron chi connectivity index (χ1n) is 9.65. The average Bonchev–Trinajstić information content (AvgIpc) is 3.07. The van der Waals surface area contributed by atoms with E-state index in [0.717, 1.165) is 24.1 Å². The van der Waals surface area contributed by atoms with Crippen molar-refractivity contribution in [1.82, 2.24) is 14.9 Å². The van der Waals surface area contributed by atoms with Crippen molar-refractivity contribution in [3.63, 3.8) is 0 Å². The number of fused-ring (bicyclic) bond motifs is 1. The lowest BCUT2D eigenvalue weighted by molar-refractivity contribution is 0.0952. The fraction of sp³-hybridized carbons (Fsp3) is 0.364. The number of H-pyrrole nitrogens is 1. The van der Waals surface area contributed by atoms with Gasteiger partial charge in [0.15, 0.2) is 0 Å². The summed E-state index contributed by atoms with van der Waals surface area (Å²) in [6.45, 7) is 8.12. The molecule has 0 saturated carbocycles. The zero-order chi connectivity index (χ0) is 20.4. The van der Waals surface area contributed by atoms with Crippen molar-refractivity contribution in [3.05, 3.63) is 63.2 Å². The molecule has 0 aliphatic heterocycles. The monoisotopic (exact) mass is 381 g/mol. The minimum Gasteiger partial charge on any atom is -0.506 e. The fourth-order valence-corrected chi connectivity index (χ4v) is 3.63. The number of rotatable bonds is 6. The average molecular weight is 381 g/mol. The molecule has 1 aromatic carbocycles. The number of amides is 1. The van der Waals surface area contributed by atoms with Crippen LogP contribution in [0, 0.1) is 6.92 Å². The number of aryl methyl sites for hydroxylation is 2. The Morgan fingerprint density at radius 2 is 2.04 bits per heavy atom. The number of phenols is 1. The number of nitrogens with zero attached hydrogens (tertiary/aromatic N) is 1. The standard InChI is InChI=1S/C22H27N3O3/c1-5-6-15-11-14(4)24-22(28)18(15)12-23-21(27)17-7-8-19(26)20-16(17)9-10-25(20)13(2)3/h7-11,13,26H,5-6,12H2,1-4H3,(H,23,27)(H,24,28). The number of pyridine rings is 1. The molecule has 148 valence electrons. The lowest BCUT2D eigenvalue weighted by atomic mass is 10.0. The van der Waals surface area contributed by atoms with Crippen LogP contribution in [-0.2, 0) is 13.0 Å². The highest BCUT2D eigenvalue weighted by molar-refractivity contribution is 6.08. The molecule has 0 aliphatic carbocycles. The van der Waals surface area contributed by atoms with E-state index in [4.69, 9.17) is 0 Å². The summed E-state index contributed by atoms with van der Waals surface area (Å²) in [7, 11) is 0. The Kier molecular flexibility index (Phi) is 5.58. The molecule has 0 unspecified atom stereocenters. The molecule has 0 bridgehead atoms. The van der Waals surface area contributed by atoms with Gasteiger partial charge in [-0.1, -0.05) is 13.3 Å². The van der Waals surface area contributed by atoms with Gasteiger partial charge in [-0.2, -0.15) is 0 Å². The van der Waals surface area contributed by atoms with E-state index in [1.54, 1.807) is 6.07 Å². The maximum atomic E-state index is 12.9. The van der Waals surface area contributed by atoms with Crippen LogP contribution in [0.2, 0.25) is 0 Å². The second-order valence-corrected chi connectivity index (χ2v) is 7.43. The minimum atomic E-state index is -0.270. The Bertz CT molecular complexity index is 1080. The molecule has 2 heterocycles. The maximum Gasteiger partial charge on any atom is 0.253 e. The van der Waals surface area contributed by atoms with Crippen LogP contribution in [0.1, 0.15) is 60.4 Å². The predicted molar refractivity (Wildman–Crippen MR) is 111 cm³/mol. The van der Waals surface area contributed by atoms with Gasteiger partial charge in [0.2, 0.25) is 0 Å². The highest BCUT2D eigenvalue weighted by atomic mass is 16.3. The number of aromatic nitrogens is 2. The molecule has 6 nitrogen and oxygen atoms in total. The maximum absolute atomic E-state index is 12.9. The lowest BCUT2D eigenvalue weighted by Gasteiger charge is -2.13. The molecular formula is C22H27N3O3. The summed E-state index contributed by atoms with van der Waals surface area (Å²) in [5, 5.41) is 13.8. The number of carbonyl (C=O) groups is 1. The topological polar surface area (TPSA) is 87.1 Å². The summed E-state index contributed by atoms with van der Waals surface area (Å²) in [4.78, 5) is 28.0. The summed E-state index contributed by atoms with van der Waals surface area (Å²) in [5.41, 5.74) is 3.33. The molecule has 3 N–H and O–H groups in total. The van der Waals surface area contributed by atoms with Gasteiger partial charge in [0.1, 0.15) is 5.75 Å². The predicted octanol–water partition coefficient (Wildman–Crippen LogP) is 3.81. The van der Waals surface area contributed by atoms with E-state index in [2.05, 4.69) is 17.2 Å². The van der Waals surface area contributed by atoms with Crippen LogP contribution in [0.4, 0.5) is 0 Å². The first-order valence-corrected chi connectivity index (χ1v) is 9.65. The normalized spacial score (nSPS) is 11.3. The zero-order valence-corrected chi connectivity index (χ0v) is 16.8. The third kappa shape index (κ3) is 3.67. The lowest BCUT2D eigenvalue weighted by Crippen LogP contribution is -2.28. The molecule has 6 heteroatoms. The van der Waals surface area contributed by atoms with Crippen molar-refractivity contribution in [1.29, 1.82) is 0 Å². The molecule has 0 atom stereocenters. The minimum absolute atomic E-state index is 0.144. The third-order valence-corrected chi connectivity index (χ3v) is 4.96. The van der Waals surface area contributed by atoms with Crippen molar-refractivity contribution in [2.24, 2.45) is 0 Å². The third-order valence-electron chi connectivity index (χ3n) is 4.96. The van der Waals surface area contributed by atoms with Gasteiger partial charge in [-0.15, -0.1) is 0 Å². The zero-order valence-electron chi connectivity index (χ0n) is 16.8.